The second-order valence-corrected chi connectivity index (χ2v) is 5.10. The molecular weight excluding hydrogens is 228 g/mol. The lowest BCUT2D eigenvalue weighted by Crippen LogP contribution is -2.05. The number of hydrogen-bond donors (Lipinski definition) is 1. The molecule has 1 aromatic rings. The van der Waals surface area contributed by atoms with Crippen LogP contribution in [0.2, 0.25) is 0 Å². The SMILES string of the molecule is CC(C)CCC(Br)Cc1ncc[nH]1. The second kappa shape index (κ2) is 5.43. The van der Waals surface area contributed by atoms with E-state index in [2.05, 4.69) is 39.7 Å². The number of halogens is 1. The Bertz CT molecular complexity index is 219. The van der Waals surface area contributed by atoms with Crippen LogP contribution in [0.25, 0.3) is 0 Å². The average molecular weight is 245 g/mol. The molecule has 0 bridgehead atoms. The van der Waals surface area contributed by atoms with Crippen molar-refractivity contribution in [2.24, 2.45) is 5.92 Å². The summed E-state index contributed by atoms with van der Waals surface area (Å²) in [6, 6.07) is 0. The molecule has 0 spiro atoms. The fraction of sp³-hybridized carbons (Fsp3) is 0.700. The van der Waals surface area contributed by atoms with Gasteiger partial charge in [0.15, 0.2) is 0 Å². The minimum absolute atomic E-state index is 0.557. The fourth-order valence-corrected chi connectivity index (χ4v) is 1.81. The van der Waals surface area contributed by atoms with E-state index in [0.29, 0.717) is 4.83 Å². The molecule has 0 aliphatic heterocycles. The van der Waals surface area contributed by atoms with Crippen LogP contribution in [0, 0.1) is 5.92 Å². The zero-order valence-electron chi connectivity index (χ0n) is 8.26. The van der Waals surface area contributed by atoms with Crippen LogP contribution < -0.4 is 0 Å². The molecule has 0 saturated carbocycles. The lowest BCUT2D eigenvalue weighted by atomic mass is 10.1. The van der Waals surface area contributed by atoms with Gasteiger partial charge in [-0.1, -0.05) is 29.8 Å². The molecule has 1 N–H and O–H groups in total. The molecule has 1 aromatic heterocycles. The standard InChI is InChI=1S/C10H17BrN2/c1-8(2)3-4-9(11)7-10-12-5-6-13-10/h5-6,8-9H,3-4,7H2,1-2H3,(H,12,13). The van der Waals surface area contributed by atoms with Gasteiger partial charge in [-0.3, -0.25) is 0 Å². The largest absolute Gasteiger partial charge is 0.349 e. The molecule has 0 aliphatic carbocycles. The topological polar surface area (TPSA) is 28.7 Å². The predicted octanol–water partition coefficient (Wildman–Crippen LogP) is 3.15. The van der Waals surface area contributed by atoms with Crippen molar-refractivity contribution in [1.82, 2.24) is 9.97 Å². The van der Waals surface area contributed by atoms with Crippen molar-refractivity contribution in [2.45, 2.75) is 37.9 Å². The average Bonchev–Trinajstić information content (AvgIpc) is 2.53. The van der Waals surface area contributed by atoms with Crippen molar-refractivity contribution < 1.29 is 0 Å². The van der Waals surface area contributed by atoms with Gasteiger partial charge in [-0.05, 0) is 18.8 Å². The summed E-state index contributed by atoms with van der Waals surface area (Å²) >= 11 is 3.67. The number of aromatic nitrogens is 2. The van der Waals surface area contributed by atoms with Crippen LogP contribution >= 0.6 is 15.9 Å². The van der Waals surface area contributed by atoms with E-state index in [0.717, 1.165) is 18.2 Å². The molecule has 0 radical (unpaired) electrons. The normalized spacial score (nSPS) is 13.5. The van der Waals surface area contributed by atoms with Crippen LogP contribution in [0.15, 0.2) is 12.4 Å². The first-order chi connectivity index (χ1) is 6.18. The van der Waals surface area contributed by atoms with E-state index in [9.17, 15) is 0 Å². The molecule has 0 amide bonds. The Kier molecular flexibility index (Phi) is 4.50. The first-order valence-electron chi connectivity index (χ1n) is 4.81. The number of imidazole rings is 1. The Balaban J connectivity index is 2.22. The molecule has 13 heavy (non-hydrogen) atoms. The fourth-order valence-electron chi connectivity index (χ4n) is 1.24. The Hall–Kier alpha value is -0.310. The third kappa shape index (κ3) is 4.46. The van der Waals surface area contributed by atoms with Crippen LogP contribution in [0.3, 0.4) is 0 Å². The summed E-state index contributed by atoms with van der Waals surface area (Å²) in [5.74, 6) is 1.86. The number of nitrogens with zero attached hydrogens (tertiary/aromatic N) is 1. The summed E-state index contributed by atoms with van der Waals surface area (Å²) in [6.45, 7) is 4.51. The summed E-state index contributed by atoms with van der Waals surface area (Å²) in [4.78, 5) is 7.87. The third-order valence-corrected chi connectivity index (χ3v) is 2.81. The maximum atomic E-state index is 4.20. The smallest absolute Gasteiger partial charge is 0.107 e. The van der Waals surface area contributed by atoms with E-state index < -0.39 is 0 Å². The maximum absolute atomic E-state index is 4.20. The molecule has 0 aliphatic rings. The molecule has 1 rings (SSSR count). The minimum Gasteiger partial charge on any atom is -0.349 e. The van der Waals surface area contributed by atoms with Crippen molar-refractivity contribution in [2.75, 3.05) is 0 Å². The third-order valence-electron chi connectivity index (χ3n) is 2.03. The lowest BCUT2D eigenvalue weighted by Gasteiger charge is -2.09. The highest BCUT2D eigenvalue weighted by Gasteiger charge is 2.07. The van der Waals surface area contributed by atoms with Crippen LogP contribution in [0.1, 0.15) is 32.5 Å². The highest BCUT2D eigenvalue weighted by molar-refractivity contribution is 9.09. The van der Waals surface area contributed by atoms with Gasteiger partial charge in [-0.25, -0.2) is 4.98 Å². The second-order valence-electron chi connectivity index (χ2n) is 3.81. The van der Waals surface area contributed by atoms with Gasteiger partial charge in [0, 0.05) is 23.6 Å². The Morgan fingerprint density at radius 2 is 2.23 bits per heavy atom. The quantitative estimate of drug-likeness (QED) is 0.793. The minimum atomic E-state index is 0.557. The van der Waals surface area contributed by atoms with E-state index in [1.807, 2.05) is 6.20 Å². The number of H-pyrrole nitrogens is 1. The van der Waals surface area contributed by atoms with Gasteiger partial charge in [-0.2, -0.15) is 0 Å². The van der Waals surface area contributed by atoms with Gasteiger partial charge in [0.2, 0.25) is 0 Å². The van der Waals surface area contributed by atoms with Gasteiger partial charge in [-0.15, -0.1) is 0 Å². The van der Waals surface area contributed by atoms with E-state index in [1.165, 1.54) is 12.8 Å². The van der Waals surface area contributed by atoms with Gasteiger partial charge in [0.25, 0.3) is 0 Å². The summed E-state index contributed by atoms with van der Waals surface area (Å²) in [6.07, 6.45) is 7.17. The van der Waals surface area contributed by atoms with E-state index in [-0.39, 0.29) is 0 Å². The van der Waals surface area contributed by atoms with Crippen LogP contribution in [-0.4, -0.2) is 14.8 Å². The summed E-state index contributed by atoms with van der Waals surface area (Å²) in [7, 11) is 0. The number of hydrogen-bond acceptors (Lipinski definition) is 1. The van der Waals surface area contributed by atoms with Gasteiger partial charge < -0.3 is 4.98 Å². The number of rotatable bonds is 5. The predicted molar refractivity (Wildman–Crippen MR) is 59.1 cm³/mol. The number of aromatic amines is 1. The number of nitrogens with one attached hydrogen (secondary N) is 1. The van der Waals surface area contributed by atoms with Gasteiger partial charge in [0.1, 0.15) is 5.82 Å². The van der Waals surface area contributed by atoms with Crippen LogP contribution in [0.5, 0.6) is 0 Å². The first kappa shape index (κ1) is 10.8. The summed E-state index contributed by atoms with van der Waals surface area (Å²) in [5, 5.41) is 0. The molecule has 0 saturated heterocycles. The summed E-state index contributed by atoms with van der Waals surface area (Å²) in [5.41, 5.74) is 0. The zero-order valence-corrected chi connectivity index (χ0v) is 9.84. The van der Waals surface area contributed by atoms with Crippen LogP contribution in [0.4, 0.5) is 0 Å². The van der Waals surface area contributed by atoms with Gasteiger partial charge in [0.05, 0.1) is 0 Å². The highest BCUT2D eigenvalue weighted by atomic mass is 79.9. The Morgan fingerprint density at radius 1 is 1.46 bits per heavy atom. The van der Waals surface area contributed by atoms with E-state index in [1.54, 1.807) is 6.20 Å². The first-order valence-corrected chi connectivity index (χ1v) is 5.72. The lowest BCUT2D eigenvalue weighted by molar-refractivity contribution is 0.544. The molecule has 74 valence electrons. The summed E-state index contributed by atoms with van der Waals surface area (Å²) < 4.78 is 0. The van der Waals surface area contributed by atoms with E-state index >= 15 is 0 Å². The van der Waals surface area contributed by atoms with Crippen molar-refractivity contribution in [3.8, 4) is 0 Å². The highest BCUT2D eigenvalue weighted by Crippen LogP contribution is 2.16. The van der Waals surface area contributed by atoms with Gasteiger partial charge >= 0.3 is 0 Å². The molecule has 2 nitrogen and oxygen atoms in total. The van der Waals surface area contributed by atoms with E-state index in [4.69, 9.17) is 0 Å². The molecule has 3 heteroatoms. The molecule has 0 fully saturated rings. The number of alkyl halides is 1. The van der Waals surface area contributed by atoms with Crippen molar-refractivity contribution in [3.05, 3.63) is 18.2 Å². The zero-order chi connectivity index (χ0) is 9.68. The van der Waals surface area contributed by atoms with Crippen LogP contribution in [-0.2, 0) is 6.42 Å². The molecule has 0 aromatic carbocycles. The molecule has 1 heterocycles. The molecule has 1 unspecified atom stereocenters. The van der Waals surface area contributed by atoms with Crippen molar-refractivity contribution in [1.29, 1.82) is 0 Å². The monoisotopic (exact) mass is 244 g/mol. The Labute approximate surface area is 88.3 Å². The van der Waals surface area contributed by atoms with Crippen molar-refractivity contribution >= 4 is 15.9 Å². The maximum Gasteiger partial charge on any atom is 0.107 e. The molecule has 1 atom stereocenters. The molecular formula is C10H17BrN2. The van der Waals surface area contributed by atoms with Crippen molar-refractivity contribution in [3.63, 3.8) is 0 Å². The Morgan fingerprint density at radius 3 is 2.77 bits per heavy atom.